The van der Waals surface area contributed by atoms with Crippen molar-refractivity contribution >= 4 is 16.9 Å². The van der Waals surface area contributed by atoms with E-state index in [1.54, 1.807) is 19.2 Å². The molecule has 0 saturated carbocycles. The third kappa shape index (κ3) is 3.86. The lowest BCUT2D eigenvalue weighted by Gasteiger charge is -2.18. The highest BCUT2D eigenvalue weighted by molar-refractivity contribution is 5.98. The Labute approximate surface area is 155 Å². The fourth-order valence-electron chi connectivity index (χ4n) is 2.90. The van der Waals surface area contributed by atoms with Crippen molar-refractivity contribution in [3.63, 3.8) is 0 Å². The highest BCUT2D eigenvalue weighted by atomic mass is 19.3. The Hall–Kier alpha value is -3.09. The summed E-state index contributed by atoms with van der Waals surface area (Å²) >= 11 is 0. The Kier molecular flexibility index (Phi) is 5.30. The third-order valence-electron chi connectivity index (χ3n) is 4.25. The number of hydrogen-bond acceptors (Lipinski definition) is 4. The van der Waals surface area contributed by atoms with Crippen LogP contribution in [-0.4, -0.2) is 31.6 Å². The van der Waals surface area contributed by atoms with Gasteiger partial charge in [0.1, 0.15) is 5.58 Å². The Morgan fingerprint density at radius 1 is 1.19 bits per heavy atom. The summed E-state index contributed by atoms with van der Waals surface area (Å²) in [5, 5.41) is 0.893. The van der Waals surface area contributed by atoms with Crippen molar-refractivity contribution in [1.82, 2.24) is 4.90 Å². The van der Waals surface area contributed by atoms with Gasteiger partial charge in [-0.15, -0.1) is 0 Å². The van der Waals surface area contributed by atoms with Crippen LogP contribution in [0.5, 0.6) is 11.5 Å². The van der Waals surface area contributed by atoms with E-state index in [1.165, 1.54) is 18.1 Å². The average molecular weight is 375 g/mol. The van der Waals surface area contributed by atoms with Gasteiger partial charge in [0, 0.05) is 24.5 Å². The minimum Gasteiger partial charge on any atom is -0.493 e. The van der Waals surface area contributed by atoms with Crippen LogP contribution < -0.4 is 9.47 Å². The maximum Gasteiger partial charge on any atom is 0.387 e. The summed E-state index contributed by atoms with van der Waals surface area (Å²) in [6.45, 7) is -0.849. The molecule has 1 heterocycles. The van der Waals surface area contributed by atoms with Gasteiger partial charge in [-0.2, -0.15) is 8.78 Å². The van der Waals surface area contributed by atoms with Crippen LogP contribution in [0.3, 0.4) is 0 Å². The summed E-state index contributed by atoms with van der Waals surface area (Å²) in [6.07, 6.45) is 0. The van der Waals surface area contributed by atoms with Gasteiger partial charge in [-0.25, -0.2) is 0 Å². The van der Waals surface area contributed by atoms with Crippen LogP contribution in [0.2, 0.25) is 0 Å². The molecule has 7 heteroatoms. The quantitative estimate of drug-likeness (QED) is 0.631. The Bertz CT molecular complexity index is 968. The number of fused-ring (bicyclic) bond motifs is 1. The first-order chi connectivity index (χ1) is 12.9. The maximum atomic E-state index is 12.8. The standard InChI is InChI=1S/C20H19F2NO4/c1-12-14-6-4-5-7-15(14)26-18(12)19(24)23(2)11-13-8-9-16(27-20(21)22)17(10-13)25-3/h4-10,20H,11H2,1-3H3. The first-order valence-corrected chi connectivity index (χ1v) is 8.26. The van der Waals surface area contributed by atoms with Crippen molar-refractivity contribution in [2.75, 3.05) is 14.2 Å². The van der Waals surface area contributed by atoms with Crippen LogP contribution in [-0.2, 0) is 6.54 Å². The molecule has 0 spiro atoms. The molecule has 27 heavy (non-hydrogen) atoms. The molecule has 0 atom stereocenters. The molecule has 5 nitrogen and oxygen atoms in total. The van der Waals surface area contributed by atoms with Crippen molar-refractivity contribution < 1.29 is 27.5 Å². The molecule has 142 valence electrons. The molecule has 0 aliphatic rings. The minimum absolute atomic E-state index is 0.0571. The Morgan fingerprint density at radius 2 is 1.93 bits per heavy atom. The molecule has 0 aliphatic carbocycles. The number of aryl methyl sites for hydroxylation is 1. The normalized spacial score (nSPS) is 11.0. The van der Waals surface area contributed by atoms with Gasteiger partial charge in [-0.05, 0) is 30.7 Å². The largest absolute Gasteiger partial charge is 0.493 e. The lowest BCUT2D eigenvalue weighted by molar-refractivity contribution is -0.0512. The van der Waals surface area contributed by atoms with Gasteiger partial charge in [-0.3, -0.25) is 4.79 Å². The van der Waals surface area contributed by atoms with Crippen LogP contribution in [0.25, 0.3) is 11.0 Å². The molecule has 0 unspecified atom stereocenters. The summed E-state index contributed by atoms with van der Waals surface area (Å²) in [7, 11) is 3.01. The Balaban J connectivity index is 1.80. The lowest BCUT2D eigenvalue weighted by atomic mass is 10.1. The highest BCUT2D eigenvalue weighted by Gasteiger charge is 2.21. The number of nitrogens with zero attached hydrogens (tertiary/aromatic N) is 1. The number of methoxy groups -OCH3 is 1. The molecular formula is C20H19F2NO4. The monoisotopic (exact) mass is 375 g/mol. The highest BCUT2D eigenvalue weighted by Crippen LogP contribution is 2.30. The molecule has 0 bridgehead atoms. The number of hydrogen-bond donors (Lipinski definition) is 0. The van der Waals surface area contributed by atoms with E-state index in [1.807, 2.05) is 31.2 Å². The smallest absolute Gasteiger partial charge is 0.387 e. The molecule has 1 aromatic heterocycles. The fraction of sp³-hybridized carbons (Fsp3) is 0.250. The zero-order valence-corrected chi connectivity index (χ0v) is 15.2. The number of para-hydroxylation sites is 1. The van der Waals surface area contributed by atoms with Crippen LogP contribution in [0, 0.1) is 6.92 Å². The number of furan rings is 1. The maximum absolute atomic E-state index is 12.8. The van der Waals surface area contributed by atoms with E-state index in [0.717, 1.165) is 10.9 Å². The van der Waals surface area contributed by atoms with Gasteiger partial charge in [0.2, 0.25) is 0 Å². The van der Waals surface area contributed by atoms with Gasteiger partial charge in [0.25, 0.3) is 5.91 Å². The zero-order valence-electron chi connectivity index (χ0n) is 15.2. The van der Waals surface area contributed by atoms with Crippen LogP contribution in [0.1, 0.15) is 21.7 Å². The Morgan fingerprint density at radius 3 is 2.59 bits per heavy atom. The van der Waals surface area contributed by atoms with E-state index < -0.39 is 6.61 Å². The second kappa shape index (κ2) is 7.65. The summed E-state index contributed by atoms with van der Waals surface area (Å²) in [4.78, 5) is 14.3. The summed E-state index contributed by atoms with van der Waals surface area (Å²) < 4.78 is 40.1. The number of halogens is 2. The van der Waals surface area contributed by atoms with E-state index in [-0.39, 0.29) is 29.7 Å². The minimum atomic E-state index is -2.94. The predicted molar refractivity (Wildman–Crippen MR) is 96.4 cm³/mol. The topological polar surface area (TPSA) is 51.9 Å². The molecule has 1 amide bonds. The second-order valence-electron chi connectivity index (χ2n) is 6.08. The molecule has 3 rings (SSSR count). The van der Waals surface area contributed by atoms with E-state index in [0.29, 0.717) is 11.1 Å². The SMILES string of the molecule is COc1cc(CN(C)C(=O)c2oc3ccccc3c2C)ccc1OC(F)F. The van der Waals surface area contributed by atoms with Crippen molar-refractivity contribution in [3.05, 3.63) is 59.4 Å². The molecule has 0 fully saturated rings. The number of ether oxygens (including phenoxy) is 2. The van der Waals surface area contributed by atoms with E-state index in [2.05, 4.69) is 4.74 Å². The number of carbonyl (C=O) groups is 1. The van der Waals surface area contributed by atoms with Gasteiger partial charge >= 0.3 is 6.61 Å². The summed E-state index contributed by atoms with van der Waals surface area (Å²) in [5.74, 6) is 0.130. The van der Waals surface area contributed by atoms with Crippen molar-refractivity contribution in [3.8, 4) is 11.5 Å². The molecule has 2 aromatic carbocycles. The first kappa shape index (κ1) is 18.7. The van der Waals surface area contributed by atoms with Crippen LogP contribution >= 0.6 is 0 Å². The number of rotatable bonds is 6. The van der Waals surface area contributed by atoms with Crippen molar-refractivity contribution in [1.29, 1.82) is 0 Å². The van der Waals surface area contributed by atoms with Crippen LogP contribution in [0.15, 0.2) is 46.9 Å². The number of carbonyl (C=O) groups excluding carboxylic acids is 1. The first-order valence-electron chi connectivity index (χ1n) is 8.26. The molecule has 3 aromatic rings. The molecular weight excluding hydrogens is 356 g/mol. The van der Waals surface area contributed by atoms with Crippen LogP contribution in [0.4, 0.5) is 8.78 Å². The summed E-state index contributed by atoms with van der Waals surface area (Å²) in [5.41, 5.74) is 2.14. The molecule has 0 radical (unpaired) electrons. The van der Waals surface area contributed by atoms with Gasteiger partial charge in [0.05, 0.1) is 7.11 Å². The number of benzene rings is 2. The van der Waals surface area contributed by atoms with Gasteiger partial charge in [0.15, 0.2) is 17.3 Å². The molecule has 0 N–H and O–H groups in total. The predicted octanol–water partition coefficient (Wildman–Crippen LogP) is 4.62. The second-order valence-corrected chi connectivity index (χ2v) is 6.08. The molecule has 0 aliphatic heterocycles. The number of alkyl halides is 2. The molecule has 0 saturated heterocycles. The summed E-state index contributed by atoms with van der Waals surface area (Å²) in [6, 6.07) is 12.0. The van der Waals surface area contributed by atoms with Gasteiger partial charge in [-0.1, -0.05) is 24.3 Å². The zero-order chi connectivity index (χ0) is 19.6. The lowest BCUT2D eigenvalue weighted by Crippen LogP contribution is -2.26. The van der Waals surface area contributed by atoms with Gasteiger partial charge < -0.3 is 18.8 Å². The number of amides is 1. The van der Waals surface area contributed by atoms with Crippen molar-refractivity contribution in [2.24, 2.45) is 0 Å². The third-order valence-corrected chi connectivity index (χ3v) is 4.25. The fourth-order valence-corrected chi connectivity index (χ4v) is 2.90. The van der Waals surface area contributed by atoms with E-state index in [9.17, 15) is 13.6 Å². The van der Waals surface area contributed by atoms with E-state index >= 15 is 0 Å². The average Bonchev–Trinajstić information content (AvgIpc) is 2.99. The van der Waals surface area contributed by atoms with Crippen molar-refractivity contribution in [2.45, 2.75) is 20.1 Å². The van der Waals surface area contributed by atoms with E-state index in [4.69, 9.17) is 9.15 Å².